The second kappa shape index (κ2) is 7.39. The van der Waals surface area contributed by atoms with Gasteiger partial charge in [-0.2, -0.15) is 0 Å². The molecule has 2 unspecified atom stereocenters. The SMILES string of the molecule is CC(C)(CNC(=O)CN1C(=O)C2CCCCC2C1=O)c1cccc(Cl)c1. The van der Waals surface area contributed by atoms with E-state index in [1.165, 1.54) is 0 Å². The molecule has 1 aliphatic carbocycles. The molecule has 6 heteroatoms. The first-order valence-corrected chi connectivity index (χ1v) is 9.55. The molecule has 3 amide bonds. The zero-order valence-electron chi connectivity index (χ0n) is 15.3. The lowest BCUT2D eigenvalue weighted by Gasteiger charge is -2.26. The molecule has 0 aromatic heterocycles. The second-order valence-corrected chi connectivity index (χ2v) is 8.37. The smallest absolute Gasteiger partial charge is 0.240 e. The van der Waals surface area contributed by atoms with Crippen molar-refractivity contribution in [3.05, 3.63) is 34.9 Å². The van der Waals surface area contributed by atoms with Crippen LogP contribution in [0.4, 0.5) is 0 Å². The Kier molecular flexibility index (Phi) is 5.37. The van der Waals surface area contributed by atoms with Crippen LogP contribution in [0.1, 0.15) is 45.1 Å². The van der Waals surface area contributed by atoms with Gasteiger partial charge in [-0.25, -0.2) is 0 Å². The molecule has 1 N–H and O–H groups in total. The van der Waals surface area contributed by atoms with E-state index in [0.29, 0.717) is 11.6 Å². The van der Waals surface area contributed by atoms with Crippen molar-refractivity contribution in [1.82, 2.24) is 10.2 Å². The highest BCUT2D eigenvalue weighted by Gasteiger charge is 2.48. The molecular formula is C20H25ClN2O3. The highest BCUT2D eigenvalue weighted by Crippen LogP contribution is 2.37. The predicted molar refractivity (Wildman–Crippen MR) is 99.7 cm³/mol. The van der Waals surface area contributed by atoms with Crippen molar-refractivity contribution in [3.8, 4) is 0 Å². The monoisotopic (exact) mass is 376 g/mol. The molecule has 0 radical (unpaired) electrons. The fourth-order valence-corrected chi connectivity index (χ4v) is 4.11. The molecule has 140 valence electrons. The van der Waals surface area contributed by atoms with Gasteiger partial charge in [0.2, 0.25) is 17.7 Å². The number of hydrogen-bond acceptors (Lipinski definition) is 3. The minimum absolute atomic E-state index is 0.177. The standard InChI is InChI=1S/C20H25ClN2O3/c1-20(2,13-6-5-7-14(21)10-13)12-22-17(24)11-23-18(25)15-8-3-4-9-16(15)19(23)26/h5-7,10,15-16H,3-4,8-9,11-12H2,1-2H3,(H,22,24). The van der Waals surface area contributed by atoms with Crippen LogP contribution in [0, 0.1) is 11.8 Å². The van der Waals surface area contributed by atoms with Gasteiger partial charge in [0.15, 0.2) is 0 Å². The van der Waals surface area contributed by atoms with E-state index < -0.39 is 0 Å². The number of likely N-dealkylation sites (tertiary alicyclic amines) is 1. The number of amides is 3. The van der Waals surface area contributed by atoms with Crippen LogP contribution in [-0.4, -0.2) is 35.7 Å². The van der Waals surface area contributed by atoms with Crippen LogP contribution in [0.2, 0.25) is 5.02 Å². The third-order valence-electron chi connectivity index (χ3n) is 5.57. The predicted octanol–water partition coefficient (Wildman–Crippen LogP) is 2.91. The van der Waals surface area contributed by atoms with Crippen LogP contribution in [0.5, 0.6) is 0 Å². The minimum Gasteiger partial charge on any atom is -0.354 e. The van der Waals surface area contributed by atoms with Crippen LogP contribution in [0.25, 0.3) is 0 Å². The van der Waals surface area contributed by atoms with E-state index in [1.807, 2.05) is 38.1 Å². The molecule has 1 aromatic rings. The normalized spacial score (nSPS) is 23.1. The van der Waals surface area contributed by atoms with E-state index in [-0.39, 0.29) is 41.5 Å². The topological polar surface area (TPSA) is 66.5 Å². The maximum Gasteiger partial charge on any atom is 0.240 e. The lowest BCUT2D eigenvalue weighted by Crippen LogP contribution is -2.44. The molecule has 1 aliphatic heterocycles. The number of fused-ring (bicyclic) bond motifs is 1. The molecule has 26 heavy (non-hydrogen) atoms. The van der Waals surface area contributed by atoms with E-state index in [0.717, 1.165) is 36.1 Å². The largest absolute Gasteiger partial charge is 0.354 e. The second-order valence-electron chi connectivity index (χ2n) is 7.93. The van der Waals surface area contributed by atoms with Crippen molar-refractivity contribution in [1.29, 1.82) is 0 Å². The number of imide groups is 1. The van der Waals surface area contributed by atoms with E-state index in [9.17, 15) is 14.4 Å². The molecule has 2 atom stereocenters. The summed E-state index contributed by atoms with van der Waals surface area (Å²) >= 11 is 6.05. The summed E-state index contributed by atoms with van der Waals surface area (Å²) in [5.74, 6) is -1.09. The van der Waals surface area contributed by atoms with Crippen LogP contribution in [0.15, 0.2) is 24.3 Å². The van der Waals surface area contributed by atoms with Gasteiger partial charge < -0.3 is 5.32 Å². The van der Waals surface area contributed by atoms with Crippen molar-refractivity contribution in [2.24, 2.45) is 11.8 Å². The lowest BCUT2D eigenvalue weighted by atomic mass is 9.81. The lowest BCUT2D eigenvalue weighted by molar-refractivity contribution is -0.143. The highest BCUT2D eigenvalue weighted by atomic mass is 35.5. The van der Waals surface area contributed by atoms with Gasteiger partial charge in [0.1, 0.15) is 6.54 Å². The summed E-state index contributed by atoms with van der Waals surface area (Å²) in [7, 11) is 0. The number of carbonyl (C=O) groups is 3. The van der Waals surface area contributed by atoms with E-state index in [1.54, 1.807) is 0 Å². The van der Waals surface area contributed by atoms with Gasteiger partial charge in [-0.1, -0.05) is 50.4 Å². The summed E-state index contributed by atoms with van der Waals surface area (Å²) in [5.41, 5.74) is 0.706. The van der Waals surface area contributed by atoms with Crippen LogP contribution < -0.4 is 5.32 Å². The van der Waals surface area contributed by atoms with E-state index in [2.05, 4.69) is 5.32 Å². The van der Waals surface area contributed by atoms with Gasteiger partial charge >= 0.3 is 0 Å². The Balaban J connectivity index is 1.59. The summed E-state index contributed by atoms with van der Waals surface area (Å²) in [5, 5.41) is 3.51. The Morgan fingerprint density at radius 3 is 2.38 bits per heavy atom. The maximum absolute atomic E-state index is 12.5. The average molecular weight is 377 g/mol. The summed E-state index contributed by atoms with van der Waals surface area (Å²) in [6.45, 7) is 4.24. The van der Waals surface area contributed by atoms with Crippen molar-refractivity contribution in [2.45, 2.75) is 44.9 Å². The first-order chi connectivity index (χ1) is 12.3. The van der Waals surface area contributed by atoms with Gasteiger partial charge in [-0.3, -0.25) is 19.3 Å². The number of benzene rings is 1. The maximum atomic E-state index is 12.5. The number of carbonyl (C=O) groups excluding carboxylic acids is 3. The van der Waals surface area contributed by atoms with Crippen molar-refractivity contribution < 1.29 is 14.4 Å². The van der Waals surface area contributed by atoms with Crippen LogP contribution in [0.3, 0.4) is 0 Å². The third-order valence-corrected chi connectivity index (χ3v) is 5.80. The Morgan fingerprint density at radius 2 is 1.81 bits per heavy atom. The Bertz CT molecular complexity index is 708. The van der Waals surface area contributed by atoms with E-state index >= 15 is 0 Å². The summed E-state index contributed by atoms with van der Waals surface area (Å²) in [4.78, 5) is 38.4. The van der Waals surface area contributed by atoms with Crippen molar-refractivity contribution in [2.75, 3.05) is 13.1 Å². The molecular weight excluding hydrogens is 352 g/mol. The van der Waals surface area contributed by atoms with E-state index in [4.69, 9.17) is 11.6 Å². The molecule has 1 aromatic carbocycles. The number of rotatable bonds is 5. The number of nitrogens with zero attached hydrogens (tertiary/aromatic N) is 1. The van der Waals surface area contributed by atoms with Gasteiger partial charge in [0, 0.05) is 17.0 Å². The summed E-state index contributed by atoms with van der Waals surface area (Å²) in [6.07, 6.45) is 3.48. The average Bonchev–Trinajstić information content (AvgIpc) is 2.85. The quantitative estimate of drug-likeness (QED) is 0.803. The highest BCUT2D eigenvalue weighted by molar-refractivity contribution is 6.30. The Morgan fingerprint density at radius 1 is 1.19 bits per heavy atom. The van der Waals surface area contributed by atoms with Crippen molar-refractivity contribution in [3.63, 3.8) is 0 Å². The van der Waals surface area contributed by atoms with Gasteiger partial charge in [0.05, 0.1) is 11.8 Å². The molecule has 1 saturated heterocycles. The van der Waals surface area contributed by atoms with Gasteiger partial charge in [-0.05, 0) is 30.5 Å². The molecule has 2 fully saturated rings. The number of nitrogens with one attached hydrogen (secondary N) is 1. The first-order valence-electron chi connectivity index (χ1n) is 9.17. The number of halogens is 1. The molecule has 1 heterocycles. The molecule has 0 bridgehead atoms. The number of hydrogen-bond donors (Lipinski definition) is 1. The third kappa shape index (κ3) is 3.78. The van der Waals surface area contributed by atoms with Gasteiger partial charge in [0.25, 0.3) is 0 Å². The molecule has 5 nitrogen and oxygen atoms in total. The molecule has 3 rings (SSSR count). The van der Waals surface area contributed by atoms with Crippen LogP contribution in [-0.2, 0) is 19.8 Å². The first kappa shape index (κ1) is 18.9. The molecule has 2 aliphatic rings. The molecule has 1 saturated carbocycles. The fraction of sp³-hybridized carbons (Fsp3) is 0.550. The zero-order chi connectivity index (χ0) is 18.9. The van der Waals surface area contributed by atoms with Crippen LogP contribution >= 0.6 is 11.6 Å². The molecule has 0 spiro atoms. The fourth-order valence-electron chi connectivity index (χ4n) is 3.92. The summed E-state index contributed by atoms with van der Waals surface area (Å²) in [6, 6.07) is 7.54. The zero-order valence-corrected chi connectivity index (χ0v) is 16.0. The van der Waals surface area contributed by atoms with Crippen molar-refractivity contribution >= 4 is 29.3 Å². The minimum atomic E-state index is -0.312. The summed E-state index contributed by atoms with van der Waals surface area (Å²) < 4.78 is 0. The van der Waals surface area contributed by atoms with Gasteiger partial charge in [-0.15, -0.1) is 0 Å². The Hall–Kier alpha value is -1.88. The Labute approximate surface area is 159 Å².